The Kier molecular flexibility index (Phi) is 5.99. The average molecular weight is 575 g/mol. The van der Waals surface area contributed by atoms with E-state index in [1.54, 1.807) is 22.7 Å². The molecule has 0 saturated carbocycles. The highest BCUT2D eigenvalue weighted by molar-refractivity contribution is 7.22. The average Bonchev–Trinajstić information content (AvgIpc) is 3.64. The molecule has 8 rings (SSSR count). The molecule has 2 heterocycles. The van der Waals surface area contributed by atoms with E-state index in [1.165, 1.54) is 53.6 Å². The first-order valence-electron chi connectivity index (χ1n) is 14.1. The molecule has 2 aromatic heterocycles. The summed E-state index contributed by atoms with van der Waals surface area (Å²) in [5.41, 5.74) is 11.7. The van der Waals surface area contributed by atoms with E-state index in [4.69, 9.17) is 9.97 Å². The largest absolute Gasteiger partial charge is 0.236 e. The molecule has 0 atom stereocenters. The van der Waals surface area contributed by atoms with Gasteiger partial charge < -0.3 is 0 Å². The van der Waals surface area contributed by atoms with Crippen LogP contribution in [0.3, 0.4) is 0 Å². The SMILES string of the molecule is Cc1ccc2nc(-c3ccc4c(-c5ccccc5)c(-c5nc6ccc(C)cc6s5)ccc4c3-c3ccccc3)sc2c1. The lowest BCUT2D eigenvalue weighted by atomic mass is 9.87. The van der Waals surface area contributed by atoms with Crippen molar-refractivity contribution in [2.45, 2.75) is 13.8 Å². The van der Waals surface area contributed by atoms with Crippen molar-refractivity contribution in [3.05, 3.63) is 132 Å². The van der Waals surface area contributed by atoms with E-state index in [0.717, 1.165) is 32.2 Å². The molecule has 0 bridgehead atoms. The van der Waals surface area contributed by atoms with Gasteiger partial charge in [0.25, 0.3) is 0 Å². The summed E-state index contributed by atoms with van der Waals surface area (Å²) in [5, 5.41) is 4.52. The molecule has 0 radical (unpaired) electrons. The molecule has 0 aliphatic heterocycles. The van der Waals surface area contributed by atoms with Gasteiger partial charge in [0.15, 0.2) is 0 Å². The summed E-state index contributed by atoms with van der Waals surface area (Å²) in [6.07, 6.45) is 0. The maximum Gasteiger partial charge on any atom is 0.125 e. The minimum atomic E-state index is 1.04. The molecule has 0 unspecified atom stereocenters. The summed E-state index contributed by atoms with van der Waals surface area (Å²) in [6, 6.07) is 43.6. The Morgan fingerprint density at radius 1 is 0.452 bits per heavy atom. The minimum Gasteiger partial charge on any atom is -0.236 e. The zero-order valence-electron chi connectivity index (χ0n) is 23.3. The van der Waals surface area contributed by atoms with Crippen molar-refractivity contribution in [2.75, 3.05) is 0 Å². The Labute approximate surface area is 252 Å². The van der Waals surface area contributed by atoms with Crippen LogP contribution in [0.25, 0.3) is 74.6 Å². The Balaban J connectivity index is 1.44. The normalized spacial score (nSPS) is 11.6. The van der Waals surface area contributed by atoms with E-state index >= 15 is 0 Å². The first-order chi connectivity index (χ1) is 20.6. The van der Waals surface area contributed by atoms with Crippen LogP contribution >= 0.6 is 22.7 Å². The molecule has 42 heavy (non-hydrogen) atoms. The number of thiazole rings is 2. The van der Waals surface area contributed by atoms with Gasteiger partial charge in [0.1, 0.15) is 10.0 Å². The molecule has 0 saturated heterocycles. The molecule has 0 amide bonds. The lowest BCUT2D eigenvalue weighted by Gasteiger charge is -2.17. The topological polar surface area (TPSA) is 25.8 Å². The number of aromatic nitrogens is 2. The van der Waals surface area contributed by atoms with Gasteiger partial charge in [-0.3, -0.25) is 0 Å². The lowest BCUT2D eigenvalue weighted by molar-refractivity contribution is 1.45. The number of nitrogens with zero attached hydrogens (tertiary/aromatic N) is 2. The number of rotatable bonds is 4. The molecular formula is C38H26N2S2. The first-order valence-corrected chi connectivity index (χ1v) is 15.7. The summed E-state index contributed by atoms with van der Waals surface area (Å²) in [4.78, 5) is 10.2. The van der Waals surface area contributed by atoms with Crippen molar-refractivity contribution in [2.24, 2.45) is 0 Å². The van der Waals surface area contributed by atoms with Crippen molar-refractivity contribution >= 4 is 53.9 Å². The van der Waals surface area contributed by atoms with Gasteiger partial charge in [-0.2, -0.15) is 0 Å². The maximum absolute atomic E-state index is 5.10. The van der Waals surface area contributed by atoms with Gasteiger partial charge >= 0.3 is 0 Å². The Bertz CT molecular complexity index is 2100. The van der Waals surface area contributed by atoms with Crippen LogP contribution in [0, 0.1) is 13.8 Å². The second-order valence-electron chi connectivity index (χ2n) is 10.8. The third-order valence-corrected chi connectivity index (χ3v) is 9.98. The fraction of sp³-hybridized carbons (Fsp3) is 0.0526. The standard InChI is InChI=1S/C38H26N2S2/c1-23-13-19-31-33(21-23)41-37(39-31)29-17-15-28-27(35(29)25-9-5-3-6-10-25)16-18-30(36(28)26-11-7-4-8-12-26)38-40-32-20-14-24(2)22-34(32)42-38/h3-22H,1-2H3. The predicted octanol–water partition coefficient (Wildman–Crippen LogP) is 11.3. The summed E-state index contributed by atoms with van der Waals surface area (Å²) in [6.45, 7) is 4.28. The van der Waals surface area contributed by atoms with Crippen LogP contribution in [-0.2, 0) is 0 Å². The quantitative estimate of drug-likeness (QED) is 0.209. The monoisotopic (exact) mass is 574 g/mol. The molecule has 0 N–H and O–H groups in total. The first kappa shape index (κ1) is 25.1. The van der Waals surface area contributed by atoms with E-state index < -0.39 is 0 Å². The third-order valence-electron chi connectivity index (χ3n) is 7.87. The van der Waals surface area contributed by atoms with Gasteiger partial charge in [0.05, 0.1) is 20.4 Å². The summed E-state index contributed by atoms with van der Waals surface area (Å²) < 4.78 is 2.44. The molecule has 0 aliphatic rings. The zero-order valence-corrected chi connectivity index (χ0v) is 24.9. The van der Waals surface area contributed by atoms with Crippen LogP contribution < -0.4 is 0 Å². The summed E-state index contributed by atoms with van der Waals surface area (Å²) in [5.74, 6) is 0. The highest BCUT2D eigenvalue weighted by Gasteiger charge is 2.21. The summed E-state index contributed by atoms with van der Waals surface area (Å²) >= 11 is 3.53. The number of aryl methyl sites for hydroxylation is 2. The zero-order chi connectivity index (χ0) is 28.2. The van der Waals surface area contributed by atoms with Crippen LogP contribution in [0.2, 0.25) is 0 Å². The van der Waals surface area contributed by atoms with Crippen LogP contribution in [-0.4, -0.2) is 9.97 Å². The van der Waals surface area contributed by atoms with E-state index in [0.29, 0.717) is 0 Å². The van der Waals surface area contributed by atoms with Crippen LogP contribution in [0.1, 0.15) is 11.1 Å². The van der Waals surface area contributed by atoms with Gasteiger partial charge in [-0.15, -0.1) is 22.7 Å². The highest BCUT2D eigenvalue weighted by atomic mass is 32.1. The van der Waals surface area contributed by atoms with Gasteiger partial charge in [0, 0.05) is 11.1 Å². The Morgan fingerprint density at radius 3 is 1.31 bits per heavy atom. The van der Waals surface area contributed by atoms with Gasteiger partial charge in [-0.1, -0.05) is 97.1 Å². The van der Waals surface area contributed by atoms with Gasteiger partial charge in [-0.25, -0.2) is 9.97 Å². The van der Waals surface area contributed by atoms with Crippen molar-refractivity contribution in [3.63, 3.8) is 0 Å². The Morgan fingerprint density at radius 2 is 0.881 bits per heavy atom. The molecule has 2 nitrogen and oxygen atoms in total. The minimum absolute atomic E-state index is 1.04. The van der Waals surface area contributed by atoms with Crippen LogP contribution in [0.15, 0.2) is 121 Å². The Hall–Kier alpha value is -4.64. The maximum atomic E-state index is 5.10. The van der Waals surface area contributed by atoms with Crippen LogP contribution in [0.4, 0.5) is 0 Å². The molecule has 200 valence electrons. The molecule has 8 aromatic rings. The number of benzene rings is 6. The lowest BCUT2D eigenvalue weighted by Crippen LogP contribution is -1.92. The molecule has 0 fully saturated rings. The second kappa shape index (κ2) is 10.0. The molecular weight excluding hydrogens is 549 g/mol. The van der Waals surface area contributed by atoms with Gasteiger partial charge in [-0.05, 0) is 82.3 Å². The third kappa shape index (κ3) is 4.23. The van der Waals surface area contributed by atoms with Crippen molar-refractivity contribution in [1.29, 1.82) is 0 Å². The smallest absolute Gasteiger partial charge is 0.125 e. The number of fused-ring (bicyclic) bond motifs is 3. The predicted molar refractivity (Wildman–Crippen MR) is 182 cm³/mol. The second-order valence-corrected chi connectivity index (χ2v) is 12.8. The number of hydrogen-bond donors (Lipinski definition) is 0. The molecule has 0 aliphatic carbocycles. The molecule has 4 heteroatoms. The molecule has 6 aromatic carbocycles. The van der Waals surface area contributed by atoms with E-state index in [1.807, 2.05) is 0 Å². The summed E-state index contributed by atoms with van der Waals surface area (Å²) in [7, 11) is 0. The van der Waals surface area contributed by atoms with Crippen molar-refractivity contribution in [1.82, 2.24) is 9.97 Å². The number of hydrogen-bond acceptors (Lipinski definition) is 4. The van der Waals surface area contributed by atoms with Crippen LogP contribution in [0.5, 0.6) is 0 Å². The molecule has 0 spiro atoms. The fourth-order valence-electron chi connectivity index (χ4n) is 5.89. The van der Waals surface area contributed by atoms with Gasteiger partial charge in [0.2, 0.25) is 0 Å². The van der Waals surface area contributed by atoms with Crippen molar-refractivity contribution < 1.29 is 0 Å². The van der Waals surface area contributed by atoms with E-state index in [-0.39, 0.29) is 0 Å². The highest BCUT2D eigenvalue weighted by Crippen LogP contribution is 2.46. The van der Waals surface area contributed by atoms with Crippen molar-refractivity contribution in [3.8, 4) is 43.4 Å². The van der Waals surface area contributed by atoms with E-state index in [9.17, 15) is 0 Å². The van der Waals surface area contributed by atoms with E-state index in [2.05, 4.69) is 135 Å². The fourth-order valence-corrected chi connectivity index (χ4v) is 8.08.